The Bertz CT molecular complexity index is 1020. The van der Waals surface area contributed by atoms with Gasteiger partial charge in [0.25, 0.3) is 6.02 Å². The van der Waals surface area contributed by atoms with Crippen LogP contribution in [0.25, 0.3) is 11.1 Å². The van der Waals surface area contributed by atoms with E-state index in [1.807, 2.05) is 19.5 Å². The molecule has 1 fully saturated rings. The van der Waals surface area contributed by atoms with Crippen molar-refractivity contribution in [1.82, 2.24) is 9.97 Å². The molecule has 2 aliphatic carbocycles. The number of amidine groups is 1. The highest BCUT2D eigenvalue weighted by Gasteiger charge is 2.68. The normalized spacial score (nSPS) is 34.0. The van der Waals surface area contributed by atoms with E-state index >= 15 is 0 Å². The van der Waals surface area contributed by atoms with Crippen LogP contribution in [0.2, 0.25) is 0 Å². The second-order valence-electron chi connectivity index (χ2n) is 9.72. The van der Waals surface area contributed by atoms with E-state index in [4.69, 9.17) is 20.2 Å². The van der Waals surface area contributed by atoms with Gasteiger partial charge in [0.05, 0.1) is 11.5 Å². The monoisotopic (exact) mass is 402 g/mol. The van der Waals surface area contributed by atoms with Crippen molar-refractivity contribution >= 4 is 21.7 Å². The van der Waals surface area contributed by atoms with Crippen LogP contribution >= 0.6 is 0 Å². The van der Waals surface area contributed by atoms with Gasteiger partial charge < -0.3 is 15.2 Å². The molecule has 154 valence electrons. The smallest absolute Gasteiger partial charge is 0.282 e. The average Bonchev–Trinajstić information content (AvgIpc) is 3.13. The van der Waals surface area contributed by atoms with Crippen molar-refractivity contribution in [2.75, 3.05) is 7.11 Å². The Hall–Kier alpha value is -2.34. The van der Waals surface area contributed by atoms with Crippen LogP contribution in [0.4, 0.5) is 0 Å². The van der Waals surface area contributed by atoms with E-state index < -0.39 is 10.9 Å². The zero-order valence-electron chi connectivity index (χ0n) is 18.2. The fourth-order valence-electron chi connectivity index (χ4n) is 6.67. The summed E-state index contributed by atoms with van der Waals surface area (Å²) in [5.74, 6) is 0.449. The molecule has 1 saturated carbocycles. The highest BCUT2D eigenvalue weighted by molar-refractivity contribution is 6.41. The largest absolute Gasteiger partial charge is 0.475 e. The van der Waals surface area contributed by atoms with Crippen LogP contribution in [0.5, 0.6) is 0 Å². The van der Waals surface area contributed by atoms with Crippen LogP contribution in [0.3, 0.4) is 0 Å². The minimum absolute atomic E-state index is 0.0415. The Morgan fingerprint density at radius 2 is 1.97 bits per heavy atom. The summed E-state index contributed by atoms with van der Waals surface area (Å²) in [6, 6.07) is 6.98. The van der Waals surface area contributed by atoms with Gasteiger partial charge in [0.1, 0.15) is 11.9 Å². The van der Waals surface area contributed by atoms with Crippen LogP contribution < -0.4 is 5.73 Å². The highest BCUT2D eigenvalue weighted by atomic mass is 16.5. The number of rotatable bonds is 2. The van der Waals surface area contributed by atoms with Crippen molar-refractivity contribution in [2.45, 2.75) is 49.6 Å². The van der Waals surface area contributed by atoms with E-state index in [9.17, 15) is 0 Å². The van der Waals surface area contributed by atoms with Crippen molar-refractivity contribution in [3.05, 3.63) is 48.0 Å². The molecule has 0 amide bonds. The number of hydrogen-bond donors (Lipinski definition) is 1. The topological polar surface area (TPSA) is 82.6 Å². The first-order valence-corrected chi connectivity index (χ1v) is 10.8. The van der Waals surface area contributed by atoms with E-state index in [1.165, 1.54) is 11.1 Å². The van der Waals surface area contributed by atoms with Crippen molar-refractivity contribution in [2.24, 2.45) is 22.1 Å². The van der Waals surface area contributed by atoms with Gasteiger partial charge in [0, 0.05) is 30.5 Å². The molecule has 2 spiro atoms. The fraction of sp³-hybridized carbons (Fsp3) is 0.500. The first-order chi connectivity index (χ1) is 14.3. The molecule has 1 aromatic carbocycles. The fourth-order valence-corrected chi connectivity index (χ4v) is 6.67. The number of hydrogen-bond acceptors (Lipinski definition) is 6. The Morgan fingerprint density at radius 3 is 2.60 bits per heavy atom. The number of aromatic nitrogens is 2. The van der Waals surface area contributed by atoms with Gasteiger partial charge in [-0.05, 0) is 54.4 Å². The SMILES string of the molecule is BC1(B)OC(N)=N[C@]12c1cc(-c3cncnc3)ccc1C[C@]21CC[C@@H](OC)[C@H](C)C1. The third-order valence-corrected chi connectivity index (χ3v) is 7.76. The minimum atomic E-state index is -0.534. The number of nitrogens with zero attached hydrogens (tertiary/aromatic N) is 3. The van der Waals surface area contributed by atoms with Crippen LogP contribution in [0, 0.1) is 11.3 Å². The van der Waals surface area contributed by atoms with Gasteiger partial charge in [0.15, 0.2) is 15.7 Å². The lowest BCUT2D eigenvalue weighted by molar-refractivity contribution is -0.0559. The van der Waals surface area contributed by atoms with Gasteiger partial charge in [-0.2, -0.15) is 0 Å². The average molecular weight is 402 g/mol. The van der Waals surface area contributed by atoms with Gasteiger partial charge in [-0.25, -0.2) is 15.0 Å². The zero-order valence-corrected chi connectivity index (χ0v) is 18.2. The molecular formula is C22H28B2N4O2. The summed E-state index contributed by atoms with van der Waals surface area (Å²) in [5.41, 5.74) is 10.3. The third kappa shape index (κ3) is 2.52. The molecule has 30 heavy (non-hydrogen) atoms. The molecule has 3 aliphatic rings. The summed E-state index contributed by atoms with van der Waals surface area (Å²) in [5, 5.41) is -0.534. The molecule has 6 nitrogen and oxygen atoms in total. The number of aliphatic imine (C=N–C) groups is 1. The van der Waals surface area contributed by atoms with E-state index in [-0.39, 0.29) is 5.41 Å². The Morgan fingerprint density at radius 1 is 1.20 bits per heavy atom. The van der Waals surface area contributed by atoms with Crippen molar-refractivity contribution in [3.8, 4) is 11.1 Å². The summed E-state index contributed by atoms with van der Waals surface area (Å²) >= 11 is 0. The molecule has 8 heteroatoms. The number of fused-ring (bicyclic) bond motifs is 3. The van der Waals surface area contributed by atoms with Gasteiger partial charge in [-0.15, -0.1) is 0 Å². The maximum Gasteiger partial charge on any atom is 0.282 e. The van der Waals surface area contributed by atoms with Crippen LogP contribution in [-0.4, -0.2) is 50.3 Å². The molecule has 4 atom stereocenters. The standard InChI is InChI=1S/C22H28B2N4O2/c1-13-8-20(6-5-18(13)29-2)9-15-4-3-14(16-10-26-12-27-11-16)7-17(15)21(20)22(23,24)30-19(25)28-21/h3-4,7,10-13,18H,5-6,8-9,23-24H2,1-2H3,(H2,25,28)/t13-,18-,20-,21+/m1/s1. The summed E-state index contributed by atoms with van der Waals surface area (Å²) in [7, 11) is 6.10. The highest BCUT2D eigenvalue weighted by Crippen LogP contribution is 2.65. The zero-order chi connectivity index (χ0) is 21.1. The predicted octanol–water partition coefficient (Wildman–Crippen LogP) is 0.981. The van der Waals surface area contributed by atoms with Crippen LogP contribution in [0.15, 0.2) is 41.9 Å². The maximum absolute atomic E-state index is 6.23. The Kier molecular flexibility index (Phi) is 4.30. The van der Waals surface area contributed by atoms with Gasteiger partial charge in [-0.1, -0.05) is 19.1 Å². The van der Waals surface area contributed by atoms with Gasteiger partial charge in [-0.3, -0.25) is 0 Å². The quantitative estimate of drug-likeness (QED) is 0.758. The second kappa shape index (κ2) is 6.58. The number of methoxy groups -OCH3 is 1. The summed E-state index contributed by atoms with van der Waals surface area (Å²) < 4.78 is 12.0. The molecule has 2 N–H and O–H groups in total. The molecule has 2 aromatic rings. The first-order valence-electron chi connectivity index (χ1n) is 10.8. The lowest BCUT2D eigenvalue weighted by atomic mass is 9.44. The lowest BCUT2D eigenvalue weighted by Crippen LogP contribution is -2.60. The Balaban J connectivity index is 1.70. The van der Waals surface area contributed by atoms with E-state index in [0.29, 0.717) is 18.0 Å². The van der Waals surface area contributed by atoms with Gasteiger partial charge in [0.2, 0.25) is 0 Å². The van der Waals surface area contributed by atoms with E-state index in [2.05, 4.69) is 50.8 Å². The molecule has 1 aliphatic heterocycles. The van der Waals surface area contributed by atoms with E-state index in [1.54, 1.807) is 6.33 Å². The van der Waals surface area contributed by atoms with Gasteiger partial charge >= 0.3 is 0 Å². The minimum Gasteiger partial charge on any atom is -0.475 e. The molecule has 2 heterocycles. The number of benzene rings is 1. The van der Waals surface area contributed by atoms with Crippen LogP contribution in [-0.2, 0) is 21.4 Å². The van der Waals surface area contributed by atoms with Crippen molar-refractivity contribution < 1.29 is 9.47 Å². The molecule has 5 rings (SSSR count). The predicted molar refractivity (Wildman–Crippen MR) is 122 cm³/mol. The Labute approximate surface area is 179 Å². The van der Waals surface area contributed by atoms with Crippen molar-refractivity contribution in [3.63, 3.8) is 0 Å². The first kappa shape index (κ1) is 19.6. The number of nitrogens with two attached hydrogens (primary N) is 1. The second-order valence-corrected chi connectivity index (χ2v) is 9.72. The molecule has 1 aromatic heterocycles. The van der Waals surface area contributed by atoms with Crippen molar-refractivity contribution in [1.29, 1.82) is 0 Å². The molecular weight excluding hydrogens is 374 g/mol. The van der Waals surface area contributed by atoms with E-state index in [0.717, 1.165) is 36.8 Å². The molecule has 0 saturated heterocycles. The molecule has 0 radical (unpaired) electrons. The third-order valence-electron chi connectivity index (χ3n) is 7.76. The lowest BCUT2D eigenvalue weighted by Gasteiger charge is -2.53. The summed E-state index contributed by atoms with van der Waals surface area (Å²) in [6.45, 7) is 2.30. The molecule has 0 bridgehead atoms. The maximum atomic E-state index is 6.23. The number of ether oxygens (including phenoxy) is 2. The summed E-state index contributed by atoms with van der Waals surface area (Å²) in [4.78, 5) is 13.5. The van der Waals surface area contributed by atoms with Crippen LogP contribution in [0.1, 0.15) is 37.3 Å². The molecule has 0 unspecified atom stereocenters. The summed E-state index contributed by atoms with van der Waals surface area (Å²) in [6.07, 6.45) is 9.64.